The first-order valence-electron chi connectivity index (χ1n) is 6.96. The number of halogens is 1. The minimum atomic E-state index is 0.363. The summed E-state index contributed by atoms with van der Waals surface area (Å²) in [5, 5.41) is 5.57. The molecule has 1 unspecified atom stereocenters. The van der Waals surface area contributed by atoms with E-state index in [1.54, 1.807) is 4.88 Å². The van der Waals surface area contributed by atoms with Crippen molar-refractivity contribution in [1.29, 1.82) is 0 Å². The maximum absolute atomic E-state index is 3.61. The maximum Gasteiger partial charge on any atom is 0.0440 e. The molecule has 106 valence electrons. The largest absolute Gasteiger partial charge is 0.366 e. The van der Waals surface area contributed by atoms with Crippen LogP contribution in [0.4, 0.5) is 5.69 Å². The van der Waals surface area contributed by atoms with Gasteiger partial charge in [0.2, 0.25) is 0 Å². The molecule has 20 heavy (non-hydrogen) atoms. The molecule has 0 radical (unpaired) electrons. The fraction of sp³-hybridized carbons (Fsp3) is 0.375. The molecule has 1 aliphatic heterocycles. The lowest BCUT2D eigenvalue weighted by Crippen LogP contribution is -2.31. The van der Waals surface area contributed by atoms with E-state index in [1.165, 1.54) is 16.8 Å². The van der Waals surface area contributed by atoms with Crippen LogP contribution >= 0.6 is 27.3 Å². The molecule has 1 atom stereocenters. The van der Waals surface area contributed by atoms with Gasteiger partial charge in [-0.25, -0.2) is 0 Å². The second-order valence-electron chi connectivity index (χ2n) is 5.25. The van der Waals surface area contributed by atoms with E-state index in [0.717, 1.165) is 24.0 Å². The third kappa shape index (κ3) is 2.65. The molecule has 0 bridgehead atoms. The quantitative estimate of drug-likeness (QED) is 0.884. The Bertz CT molecular complexity index is 608. The zero-order valence-electron chi connectivity index (χ0n) is 11.8. The monoisotopic (exact) mass is 350 g/mol. The lowest BCUT2D eigenvalue weighted by Gasteiger charge is -2.32. The van der Waals surface area contributed by atoms with Crippen LogP contribution in [0.5, 0.6) is 0 Å². The fourth-order valence-electron chi connectivity index (χ4n) is 2.77. The van der Waals surface area contributed by atoms with E-state index in [9.17, 15) is 0 Å². The van der Waals surface area contributed by atoms with Crippen LogP contribution in [-0.4, -0.2) is 13.6 Å². The van der Waals surface area contributed by atoms with Crippen molar-refractivity contribution in [1.82, 2.24) is 5.32 Å². The van der Waals surface area contributed by atoms with Gasteiger partial charge in [-0.1, -0.05) is 22.0 Å². The number of fused-ring (bicyclic) bond motifs is 1. The smallest absolute Gasteiger partial charge is 0.0440 e. The number of benzene rings is 1. The third-order valence-electron chi connectivity index (χ3n) is 4.04. The number of nitrogens with zero attached hydrogens (tertiary/aromatic N) is 1. The van der Waals surface area contributed by atoms with Gasteiger partial charge >= 0.3 is 0 Å². The number of nitrogens with one attached hydrogen (secondary N) is 1. The third-order valence-corrected chi connectivity index (χ3v) is 5.56. The number of hydrogen-bond acceptors (Lipinski definition) is 3. The van der Waals surface area contributed by atoms with E-state index < -0.39 is 0 Å². The highest BCUT2D eigenvalue weighted by atomic mass is 79.9. The maximum atomic E-state index is 3.61. The van der Waals surface area contributed by atoms with Gasteiger partial charge in [0.1, 0.15) is 0 Å². The van der Waals surface area contributed by atoms with Crippen LogP contribution in [0.2, 0.25) is 0 Å². The molecule has 1 aromatic heterocycles. The summed E-state index contributed by atoms with van der Waals surface area (Å²) >= 11 is 5.51. The van der Waals surface area contributed by atoms with E-state index in [-0.39, 0.29) is 0 Å². The molecule has 1 aromatic carbocycles. The van der Waals surface area contributed by atoms with Crippen LogP contribution in [0.3, 0.4) is 0 Å². The van der Waals surface area contributed by atoms with E-state index in [4.69, 9.17) is 0 Å². The Kier molecular flexibility index (Phi) is 4.15. The molecule has 2 heterocycles. The molecule has 0 aliphatic carbocycles. The van der Waals surface area contributed by atoms with Crippen LogP contribution < -0.4 is 10.2 Å². The highest BCUT2D eigenvalue weighted by Gasteiger charge is 2.21. The van der Waals surface area contributed by atoms with E-state index in [1.807, 2.05) is 18.4 Å². The van der Waals surface area contributed by atoms with Crippen LogP contribution in [0.1, 0.15) is 29.0 Å². The molecule has 0 saturated heterocycles. The SMILES string of the molecule is CNC(C)c1ccc(Br)cc1N1CCc2sccc2C1. The zero-order chi connectivity index (χ0) is 14.1. The lowest BCUT2D eigenvalue weighted by atomic mass is 10.0. The molecule has 3 rings (SSSR count). The predicted octanol–water partition coefficient (Wildman–Crippen LogP) is 4.35. The van der Waals surface area contributed by atoms with Gasteiger partial charge in [-0.2, -0.15) is 0 Å². The molecule has 1 aliphatic rings. The molecule has 4 heteroatoms. The van der Waals surface area contributed by atoms with Crippen LogP contribution in [0, 0.1) is 0 Å². The Morgan fingerprint density at radius 3 is 3.00 bits per heavy atom. The van der Waals surface area contributed by atoms with Crippen molar-refractivity contribution in [2.75, 3.05) is 18.5 Å². The number of rotatable bonds is 3. The summed E-state index contributed by atoms with van der Waals surface area (Å²) in [6.07, 6.45) is 1.16. The lowest BCUT2D eigenvalue weighted by molar-refractivity contribution is 0.642. The van der Waals surface area contributed by atoms with Crippen LogP contribution in [0.15, 0.2) is 34.1 Å². The average Bonchev–Trinajstić information content (AvgIpc) is 2.93. The average molecular weight is 351 g/mol. The highest BCUT2D eigenvalue weighted by molar-refractivity contribution is 9.10. The summed E-state index contributed by atoms with van der Waals surface area (Å²) < 4.78 is 1.15. The summed E-state index contributed by atoms with van der Waals surface area (Å²) in [6.45, 7) is 4.35. The number of hydrogen-bond donors (Lipinski definition) is 1. The van der Waals surface area contributed by atoms with Crippen molar-refractivity contribution in [2.24, 2.45) is 0 Å². The van der Waals surface area contributed by atoms with E-state index >= 15 is 0 Å². The van der Waals surface area contributed by atoms with Crippen molar-refractivity contribution in [3.05, 3.63) is 50.1 Å². The van der Waals surface area contributed by atoms with Crippen molar-refractivity contribution in [3.8, 4) is 0 Å². The van der Waals surface area contributed by atoms with Gasteiger partial charge in [0.15, 0.2) is 0 Å². The summed E-state index contributed by atoms with van der Waals surface area (Å²) in [6, 6.07) is 9.24. The summed E-state index contributed by atoms with van der Waals surface area (Å²) in [5.74, 6) is 0. The predicted molar refractivity (Wildman–Crippen MR) is 90.7 cm³/mol. The van der Waals surface area contributed by atoms with Crippen molar-refractivity contribution in [2.45, 2.75) is 25.9 Å². The molecule has 0 spiro atoms. The topological polar surface area (TPSA) is 15.3 Å². The second-order valence-corrected chi connectivity index (χ2v) is 7.17. The molecular formula is C16H19BrN2S. The Labute approximate surface area is 132 Å². The Balaban J connectivity index is 1.96. The first-order valence-corrected chi connectivity index (χ1v) is 8.63. The molecule has 2 nitrogen and oxygen atoms in total. The van der Waals surface area contributed by atoms with E-state index in [2.05, 4.69) is 62.7 Å². The first kappa shape index (κ1) is 14.1. The summed E-state index contributed by atoms with van der Waals surface area (Å²) in [4.78, 5) is 4.06. The highest BCUT2D eigenvalue weighted by Crippen LogP contribution is 2.34. The minimum absolute atomic E-state index is 0.363. The second kappa shape index (κ2) is 5.88. The number of anilines is 1. The van der Waals surface area contributed by atoms with Gasteiger partial charge in [-0.05, 0) is 55.1 Å². The van der Waals surface area contributed by atoms with Gasteiger partial charge in [0.25, 0.3) is 0 Å². The van der Waals surface area contributed by atoms with Crippen LogP contribution in [-0.2, 0) is 13.0 Å². The molecule has 1 N–H and O–H groups in total. The normalized spacial score (nSPS) is 16.1. The molecular weight excluding hydrogens is 332 g/mol. The van der Waals surface area contributed by atoms with Gasteiger partial charge in [0.05, 0.1) is 0 Å². The van der Waals surface area contributed by atoms with Gasteiger partial charge in [-0.15, -0.1) is 11.3 Å². The fourth-order valence-corrected chi connectivity index (χ4v) is 4.01. The van der Waals surface area contributed by atoms with Crippen molar-refractivity contribution >= 4 is 33.0 Å². The Hall–Kier alpha value is -0.840. The van der Waals surface area contributed by atoms with Gasteiger partial charge in [-0.3, -0.25) is 0 Å². The van der Waals surface area contributed by atoms with E-state index in [0.29, 0.717) is 6.04 Å². The number of thiophene rings is 1. The summed E-state index contributed by atoms with van der Waals surface area (Å²) in [7, 11) is 2.02. The summed E-state index contributed by atoms with van der Waals surface area (Å²) in [5.41, 5.74) is 4.21. The Morgan fingerprint density at radius 1 is 1.35 bits per heavy atom. The van der Waals surface area contributed by atoms with Gasteiger partial charge in [0, 0.05) is 34.2 Å². The zero-order valence-corrected chi connectivity index (χ0v) is 14.2. The molecule has 0 saturated carbocycles. The minimum Gasteiger partial charge on any atom is -0.366 e. The van der Waals surface area contributed by atoms with Gasteiger partial charge < -0.3 is 10.2 Å². The molecule has 0 amide bonds. The standard InChI is InChI=1S/C16H19BrN2S/c1-11(18-2)14-4-3-13(17)9-15(14)19-7-5-16-12(10-19)6-8-20-16/h3-4,6,8-9,11,18H,5,7,10H2,1-2H3. The first-order chi connectivity index (χ1) is 9.69. The molecule has 2 aromatic rings. The molecule has 0 fully saturated rings. The van der Waals surface area contributed by atoms with Crippen molar-refractivity contribution in [3.63, 3.8) is 0 Å². The Morgan fingerprint density at radius 2 is 2.20 bits per heavy atom. The van der Waals surface area contributed by atoms with Crippen LogP contribution in [0.25, 0.3) is 0 Å². The van der Waals surface area contributed by atoms with Crippen molar-refractivity contribution < 1.29 is 0 Å².